The second-order valence-corrected chi connectivity index (χ2v) is 10.4. The number of hydrogen-bond acceptors (Lipinski definition) is 5. The monoisotopic (exact) mass is 472 g/mol. The highest BCUT2D eigenvalue weighted by atomic mass is 32.2. The molecule has 1 N–H and O–H groups in total. The number of ether oxygens (including phenoxy) is 2. The van der Waals surface area contributed by atoms with Gasteiger partial charge in [-0.25, -0.2) is 8.42 Å². The van der Waals surface area contributed by atoms with Crippen LogP contribution in [0.5, 0.6) is 11.5 Å². The van der Waals surface area contributed by atoms with Crippen molar-refractivity contribution in [3.05, 3.63) is 48.0 Å². The number of rotatable bonds is 6. The minimum Gasteiger partial charge on any atom is -0.490 e. The van der Waals surface area contributed by atoms with Crippen LogP contribution in [0, 0.1) is 5.92 Å². The van der Waals surface area contributed by atoms with Crippen LogP contribution in [0.2, 0.25) is 0 Å². The Morgan fingerprint density at radius 2 is 1.85 bits per heavy atom. The molecule has 33 heavy (non-hydrogen) atoms. The number of nitrogens with zero attached hydrogens (tertiary/aromatic N) is 1. The van der Waals surface area contributed by atoms with Gasteiger partial charge >= 0.3 is 0 Å². The number of fused-ring (bicyclic) bond motifs is 1. The Morgan fingerprint density at radius 1 is 1.03 bits per heavy atom. The zero-order chi connectivity index (χ0) is 23.3. The van der Waals surface area contributed by atoms with Gasteiger partial charge in [-0.3, -0.25) is 9.52 Å². The summed E-state index contributed by atoms with van der Waals surface area (Å²) in [7, 11) is -3.86. The van der Waals surface area contributed by atoms with Crippen molar-refractivity contribution in [2.24, 2.45) is 5.92 Å². The van der Waals surface area contributed by atoms with Crippen molar-refractivity contribution in [1.82, 2.24) is 4.90 Å². The SMILES string of the molecule is CCCC1CCCN(C(=O)c2cccc(NS(=O)(=O)c3ccc4c(c3)OCCCO4)c2)CC1. The zero-order valence-electron chi connectivity index (χ0n) is 19.1. The van der Waals surface area contributed by atoms with Gasteiger partial charge in [-0.15, -0.1) is 0 Å². The van der Waals surface area contributed by atoms with Crippen molar-refractivity contribution in [2.45, 2.75) is 50.3 Å². The molecule has 7 nitrogen and oxygen atoms in total. The van der Waals surface area contributed by atoms with E-state index in [0.29, 0.717) is 41.9 Å². The molecule has 2 aromatic rings. The summed E-state index contributed by atoms with van der Waals surface area (Å²) < 4.78 is 39.8. The summed E-state index contributed by atoms with van der Waals surface area (Å²) in [5, 5.41) is 0. The molecule has 0 spiro atoms. The molecule has 2 heterocycles. The topological polar surface area (TPSA) is 84.9 Å². The highest BCUT2D eigenvalue weighted by Crippen LogP contribution is 2.32. The third-order valence-electron chi connectivity index (χ3n) is 6.22. The van der Waals surface area contributed by atoms with Crippen LogP contribution in [0.1, 0.15) is 55.8 Å². The predicted molar refractivity (Wildman–Crippen MR) is 127 cm³/mol. The Hall–Kier alpha value is -2.74. The summed E-state index contributed by atoms with van der Waals surface area (Å²) in [5.41, 5.74) is 0.842. The molecular weight excluding hydrogens is 440 g/mol. The summed E-state index contributed by atoms with van der Waals surface area (Å²) >= 11 is 0. The third-order valence-corrected chi connectivity index (χ3v) is 7.60. The number of nitrogens with one attached hydrogen (secondary N) is 1. The minimum atomic E-state index is -3.86. The highest BCUT2D eigenvalue weighted by Gasteiger charge is 2.23. The van der Waals surface area contributed by atoms with E-state index in [9.17, 15) is 13.2 Å². The number of likely N-dealkylation sites (tertiary alicyclic amines) is 1. The fraction of sp³-hybridized carbons (Fsp3) is 0.480. The van der Waals surface area contributed by atoms with Crippen LogP contribution in [0.3, 0.4) is 0 Å². The zero-order valence-corrected chi connectivity index (χ0v) is 19.9. The summed E-state index contributed by atoms with van der Waals surface area (Å²) in [6.45, 7) is 4.70. The number of carbonyl (C=O) groups excluding carboxylic acids is 1. The maximum Gasteiger partial charge on any atom is 0.262 e. The van der Waals surface area contributed by atoms with E-state index in [0.717, 1.165) is 38.8 Å². The summed E-state index contributed by atoms with van der Waals surface area (Å²) in [4.78, 5) is 15.1. The lowest BCUT2D eigenvalue weighted by Crippen LogP contribution is -2.32. The fourth-order valence-corrected chi connectivity index (χ4v) is 5.55. The molecule has 2 aliphatic rings. The Balaban J connectivity index is 1.47. The van der Waals surface area contributed by atoms with Crippen molar-refractivity contribution in [3.8, 4) is 11.5 Å². The van der Waals surface area contributed by atoms with Gasteiger partial charge in [0.25, 0.3) is 15.9 Å². The smallest absolute Gasteiger partial charge is 0.262 e. The quantitative estimate of drug-likeness (QED) is 0.659. The number of anilines is 1. The number of amides is 1. The van der Waals surface area contributed by atoms with Gasteiger partial charge in [0, 0.05) is 36.8 Å². The lowest BCUT2D eigenvalue weighted by atomic mass is 9.96. The second-order valence-electron chi connectivity index (χ2n) is 8.72. The van der Waals surface area contributed by atoms with Gasteiger partial charge in [-0.2, -0.15) is 0 Å². The van der Waals surface area contributed by atoms with E-state index >= 15 is 0 Å². The van der Waals surface area contributed by atoms with E-state index in [1.54, 1.807) is 30.3 Å². The first kappa shape index (κ1) is 23.4. The van der Waals surface area contributed by atoms with Crippen LogP contribution in [0.4, 0.5) is 5.69 Å². The van der Waals surface area contributed by atoms with Gasteiger partial charge in [0.15, 0.2) is 11.5 Å². The maximum absolute atomic E-state index is 13.1. The Labute approximate surface area is 196 Å². The van der Waals surface area contributed by atoms with Gasteiger partial charge < -0.3 is 14.4 Å². The molecule has 2 aromatic carbocycles. The molecule has 1 saturated heterocycles. The average Bonchev–Trinajstić information content (AvgIpc) is 3.19. The average molecular weight is 473 g/mol. The summed E-state index contributed by atoms with van der Waals surface area (Å²) in [6.07, 6.45) is 6.31. The fourth-order valence-electron chi connectivity index (χ4n) is 4.49. The molecule has 0 radical (unpaired) electrons. The van der Waals surface area contributed by atoms with E-state index in [2.05, 4.69) is 11.6 Å². The molecule has 2 aliphatic heterocycles. The van der Waals surface area contributed by atoms with E-state index in [1.165, 1.54) is 25.0 Å². The normalized spacial score (nSPS) is 18.8. The van der Waals surface area contributed by atoms with Crippen LogP contribution in [0.15, 0.2) is 47.4 Å². The minimum absolute atomic E-state index is 0.0521. The molecule has 1 atom stereocenters. The standard InChI is InChI=1S/C25H32N2O5S/c1-2-6-19-7-4-13-27(14-12-19)25(28)20-8-3-9-21(17-20)26-33(29,30)22-10-11-23-24(18-22)32-16-5-15-31-23/h3,8-11,17-19,26H,2,4-7,12-16H2,1H3. The van der Waals surface area contributed by atoms with Gasteiger partial charge in [-0.1, -0.05) is 25.8 Å². The highest BCUT2D eigenvalue weighted by molar-refractivity contribution is 7.92. The van der Waals surface area contributed by atoms with Crippen molar-refractivity contribution >= 4 is 21.6 Å². The molecule has 8 heteroatoms. The van der Waals surface area contributed by atoms with E-state index in [-0.39, 0.29) is 10.8 Å². The van der Waals surface area contributed by atoms with Crippen LogP contribution in [-0.2, 0) is 10.0 Å². The van der Waals surface area contributed by atoms with Crippen molar-refractivity contribution in [2.75, 3.05) is 31.0 Å². The summed E-state index contributed by atoms with van der Waals surface area (Å²) in [5.74, 6) is 1.59. The van der Waals surface area contributed by atoms with E-state index in [4.69, 9.17) is 9.47 Å². The van der Waals surface area contributed by atoms with Crippen molar-refractivity contribution in [3.63, 3.8) is 0 Å². The lowest BCUT2D eigenvalue weighted by molar-refractivity contribution is 0.0760. The number of hydrogen-bond donors (Lipinski definition) is 1. The molecule has 1 fully saturated rings. The van der Waals surface area contributed by atoms with Gasteiger partial charge in [0.05, 0.1) is 18.1 Å². The van der Waals surface area contributed by atoms with Gasteiger partial charge in [-0.05, 0) is 55.5 Å². The molecule has 1 unspecified atom stereocenters. The molecule has 0 saturated carbocycles. The summed E-state index contributed by atoms with van der Waals surface area (Å²) in [6, 6.07) is 11.3. The molecular formula is C25H32N2O5S. The predicted octanol–water partition coefficient (Wildman–Crippen LogP) is 4.69. The third kappa shape index (κ3) is 5.79. The number of benzene rings is 2. The molecule has 1 amide bonds. The van der Waals surface area contributed by atoms with Crippen LogP contribution >= 0.6 is 0 Å². The van der Waals surface area contributed by atoms with E-state index in [1.807, 2.05) is 4.90 Å². The van der Waals surface area contributed by atoms with Crippen LogP contribution in [0.25, 0.3) is 0 Å². The van der Waals surface area contributed by atoms with Gasteiger partial charge in [0.2, 0.25) is 0 Å². The van der Waals surface area contributed by atoms with Gasteiger partial charge in [0.1, 0.15) is 0 Å². The number of sulfonamides is 1. The first-order valence-corrected chi connectivity index (χ1v) is 13.3. The number of carbonyl (C=O) groups is 1. The largest absolute Gasteiger partial charge is 0.490 e. The molecule has 178 valence electrons. The molecule has 0 aliphatic carbocycles. The molecule has 4 rings (SSSR count). The maximum atomic E-state index is 13.1. The first-order chi connectivity index (χ1) is 16.0. The van der Waals surface area contributed by atoms with E-state index < -0.39 is 10.0 Å². The Morgan fingerprint density at radius 3 is 2.67 bits per heavy atom. The molecule has 0 aromatic heterocycles. The second kappa shape index (κ2) is 10.5. The van der Waals surface area contributed by atoms with Crippen LogP contribution < -0.4 is 14.2 Å². The van der Waals surface area contributed by atoms with Crippen molar-refractivity contribution in [1.29, 1.82) is 0 Å². The van der Waals surface area contributed by atoms with Crippen LogP contribution in [-0.4, -0.2) is 45.5 Å². The Bertz CT molecular complexity index is 1090. The Kier molecular flexibility index (Phi) is 7.42. The molecule has 0 bridgehead atoms. The van der Waals surface area contributed by atoms with Crippen molar-refractivity contribution < 1.29 is 22.7 Å². The lowest BCUT2D eigenvalue weighted by Gasteiger charge is -2.21. The first-order valence-electron chi connectivity index (χ1n) is 11.8.